The molecular formula is C11H17NO. The molecule has 0 heterocycles. The summed E-state index contributed by atoms with van der Waals surface area (Å²) in [5, 5.41) is 0. The minimum Gasteiger partial charge on any atom is -0.493 e. The lowest BCUT2D eigenvalue weighted by Gasteiger charge is -2.11. The largest absolute Gasteiger partial charge is 0.493 e. The number of nitrogens with two attached hydrogens (primary N) is 1. The van der Waals surface area contributed by atoms with Crippen LogP contribution in [0.3, 0.4) is 0 Å². The fraction of sp³-hybridized carbons (Fsp3) is 0.455. The smallest absolute Gasteiger partial charge is 0.124 e. The Morgan fingerprint density at radius 3 is 2.69 bits per heavy atom. The number of benzene rings is 1. The highest BCUT2D eigenvalue weighted by Gasteiger charge is 2.01. The maximum absolute atomic E-state index is 5.65. The molecule has 0 spiro atoms. The summed E-state index contributed by atoms with van der Waals surface area (Å²) in [5.74, 6) is 1.44. The topological polar surface area (TPSA) is 35.2 Å². The molecule has 1 aromatic rings. The summed E-state index contributed by atoms with van der Waals surface area (Å²) in [6.07, 6.45) is 0. The molecule has 1 aromatic carbocycles. The average molecular weight is 179 g/mol. The number of hydrogen-bond donors (Lipinski definition) is 1. The van der Waals surface area contributed by atoms with E-state index in [-0.39, 0.29) is 0 Å². The van der Waals surface area contributed by atoms with Gasteiger partial charge in [-0.15, -0.1) is 0 Å². The predicted octanol–water partition coefficient (Wildman–Crippen LogP) is 2.61. The summed E-state index contributed by atoms with van der Waals surface area (Å²) < 4.78 is 5.60. The molecule has 0 bridgehead atoms. The van der Waals surface area contributed by atoms with Gasteiger partial charge in [0.05, 0.1) is 6.61 Å². The van der Waals surface area contributed by atoms with E-state index in [4.69, 9.17) is 10.5 Å². The highest BCUT2D eigenvalue weighted by Crippen LogP contribution is 2.21. The number of hydrogen-bond acceptors (Lipinski definition) is 2. The monoisotopic (exact) mass is 179 g/mol. The second kappa shape index (κ2) is 4.17. The van der Waals surface area contributed by atoms with Crippen LogP contribution in [0.2, 0.25) is 0 Å². The van der Waals surface area contributed by atoms with Gasteiger partial charge in [-0.05, 0) is 24.5 Å². The summed E-state index contributed by atoms with van der Waals surface area (Å²) >= 11 is 0. The van der Waals surface area contributed by atoms with Gasteiger partial charge in [0.2, 0.25) is 0 Å². The number of anilines is 1. The Hall–Kier alpha value is -1.18. The molecule has 0 fully saturated rings. The van der Waals surface area contributed by atoms with Crippen molar-refractivity contribution in [2.75, 3.05) is 12.3 Å². The molecule has 13 heavy (non-hydrogen) atoms. The van der Waals surface area contributed by atoms with E-state index in [1.807, 2.05) is 25.1 Å². The molecule has 0 saturated carbocycles. The summed E-state index contributed by atoms with van der Waals surface area (Å²) in [7, 11) is 0. The van der Waals surface area contributed by atoms with Gasteiger partial charge in [0.1, 0.15) is 5.75 Å². The van der Waals surface area contributed by atoms with Crippen molar-refractivity contribution >= 4 is 5.69 Å². The lowest BCUT2D eigenvalue weighted by Crippen LogP contribution is -2.05. The van der Waals surface area contributed by atoms with Gasteiger partial charge in [-0.2, -0.15) is 0 Å². The van der Waals surface area contributed by atoms with E-state index in [1.54, 1.807) is 0 Å². The molecule has 72 valence electrons. The van der Waals surface area contributed by atoms with Crippen LogP contribution in [0.1, 0.15) is 19.4 Å². The summed E-state index contributed by atoms with van der Waals surface area (Å²) in [6, 6.07) is 5.74. The van der Waals surface area contributed by atoms with Gasteiger partial charge >= 0.3 is 0 Å². The highest BCUT2D eigenvalue weighted by molar-refractivity contribution is 5.47. The van der Waals surface area contributed by atoms with Crippen LogP contribution in [0.25, 0.3) is 0 Å². The SMILES string of the molecule is Cc1ccc(N)cc1OCC(C)C. The molecule has 1 rings (SSSR count). The Balaban J connectivity index is 2.70. The third-order valence-corrected chi connectivity index (χ3v) is 1.78. The van der Waals surface area contributed by atoms with Crippen LogP contribution < -0.4 is 10.5 Å². The van der Waals surface area contributed by atoms with Gasteiger partial charge in [-0.3, -0.25) is 0 Å². The first-order valence-corrected chi connectivity index (χ1v) is 4.58. The molecule has 0 aliphatic heterocycles. The molecule has 2 nitrogen and oxygen atoms in total. The zero-order chi connectivity index (χ0) is 9.84. The molecular weight excluding hydrogens is 162 g/mol. The van der Waals surface area contributed by atoms with Crippen molar-refractivity contribution in [3.8, 4) is 5.75 Å². The summed E-state index contributed by atoms with van der Waals surface area (Å²) in [6.45, 7) is 7.02. The van der Waals surface area contributed by atoms with Gasteiger partial charge in [0, 0.05) is 11.8 Å². The van der Waals surface area contributed by atoms with Crippen molar-refractivity contribution in [2.45, 2.75) is 20.8 Å². The number of ether oxygens (including phenoxy) is 1. The first-order valence-electron chi connectivity index (χ1n) is 4.58. The van der Waals surface area contributed by atoms with Crippen molar-refractivity contribution in [2.24, 2.45) is 5.92 Å². The Bertz CT molecular complexity index is 281. The Morgan fingerprint density at radius 1 is 1.38 bits per heavy atom. The molecule has 0 unspecified atom stereocenters. The van der Waals surface area contributed by atoms with E-state index in [0.717, 1.165) is 23.6 Å². The number of aryl methyl sites for hydroxylation is 1. The Morgan fingerprint density at radius 2 is 2.08 bits per heavy atom. The minimum absolute atomic E-state index is 0.542. The Kier molecular flexibility index (Phi) is 3.18. The van der Waals surface area contributed by atoms with Crippen LogP contribution in [0, 0.1) is 12.8 Å². The van der Waals surface area contributed by atoms with Crippen LogP contribution in [-0.4, -0.2) is 6.61 Å². The molecule has 0 aliphatic carbocycles. The van der Waals surface area contributed by atoms with Gasteiger partial charge in [0.15, 0.2) is 0 Å². The number of rotatable bonds is 3. The van der Waals surface area contributed by atoms with Crippen LogP contribution in [0.15, 0.2) is 18.2 Å². The minimum atomic E-state index is 0.542. The van der Waals surface area contributed by atoms with E-state index < -0.39 is 0 Å². The van der Waals surface area contributed by atoms with Crippen molar-refractivity contribution in [1.82, 2.24) is 0 Å². The van der Waals surface area contributed by atoms with Crippen molar-refractivity contribution in [3.63, 3.8) is 0 Å². The molecule has 0 amide bonds. The fourth-order valence-electron chi connectivity index (χ4n) is 1.03. The van der Waals surface area contributed by atoms with Gasteiger partial charge in [-0.1, -0.05) is 19.9 Å². The lowest BCUT2D eigenvalue weighted by molar-refractivity contribution is 0.269. The third-order valence-electron chi connectivity index (χ3n) is 1.78. The van der Waals surface area contributed by atoms with Gasteiger partial charge in [0.25, 0.3) is 0 Å². The summed E-state index contributed by atoms with van der Waals surface area (Å²) in [5.41, 5.74) is 7.54. The lowest BCUT2D eigenvalue weighted by atomic mass is 10.2. The molecule has 0 aromatic heterocycles. The average Bonchev–Trinajstić information content (AvgIpc) is 2.06. The fourth-order valence-corrected chi connectivity index (χ4v) is 1.03. The van der Waals surface area contributed by atoms with Crippen molar-refractivity contribution < 1.29 is 4.74 Å². The first kappa shape index (κ1) is 9.90. The standard InChI is InChI=1S/C11H17NO/c1-8(2)7-13-11-6-10(12)5-4-9(11)3/h4-6,8H,7,12H2,1-3H3. The quantitative estimate of drug-likeness (QED) is 0.724. The van der Waals surface area contributed by atoms with E-state index in [0.29, 0.717) is 5.92 Å². The van der Waals surface area contributed by atoms with Crippen LogP contribution in [-0.2, 0) is 0 Å². The van der Waals surface area contributed by atoms with E-state index in [2.05, 4.69) is 13.8 Å². The predicted molar refractivity (Wildman–Crippen MR) is 55.9 cm³/mol. The first-order chi connectivity index (χ1) is 6.09. The highest BCUT2D eigenvalue weighted by atomic mass is 16.5. The van der Waals surface area contributed by atoms with Crippen LogP contribution in [0.4, 0.5) is 5.69 Å². The van der Waals surface area contributed by atoms with Crippen molar-refractivity contribution in [1.29, 1.82) is 0 Å². The van der Waals surface area contributed by atoms with Crippen molar-refractivity contribution in [3.05, 3.63) is 23.8 Å². The molecule has 2 N–H and O–H groups in total. The third kappa shape index (κ3) is 2.98. The second-order valence-electron chi connectivity index (χ2n) is 3.73. The second-order valence-corrected chi connectivity index (χ2v) is 3.73. The van der Waals surface area contributed by atoms with E-state index >= 15 is 0 Å². The summed E-state index contributed by atoms with van der Waals surface area (Å²) in [4.78, 5) is 0. The Labute approximate surface area is 79.7 Å². The van der Waals surface area contributed by atoms with Crippen LogP contribution >= 0.6 is 0 Å². The number of nitrogen functional groups attached to an aromatic ring is 1. The molecule has 0 aliphatic rings. The maximum Gasteiger partial charge on any atom is 0.124 e. The zero-order valence-corrected chi connectivity index (χ0v) is 8.50. The molecule has 0 atom stereocenters. The molecule has 0 saturated heterocycles. The van der Waals surface area contributed by atoms with Crippen LogP contribution in [0.5, 0.6) is 5.75 Å². The zero-order valence-electron chi connectivity index (χ0n) is 8.50. The maximum atomic E-state index is 5.65. The van der Waals surface area contributed by atoms with Gasteiger partial charge < -0.3 is 10.5 Å². The molecule has 2 heteroatoms. The molecule has 0 radical (unpaired) electrons. The van der Waals surface area contributed by atoms with E-state index in [9.17, 15) is 0 Å². The van der Waals surface area contributed by atoms with E-state index in [1.165, 1.54) is 0 Å². The normalized spacial score (nSPS) is 10.5. The van der Waals surface area contributed by atoms with Gasteiger partial charge in [-0.25, -0.2) is 0 Å².